The number of carboxylic acids is 1. The number of nitrogens with zero attached hydrogens (tertiary/aromatic N) is 1. The van der Waals surface area contributed by atoms with E-state index < -0.39 is 11.6 Å². The zero-order valence-corrected chi connectivity index (χ0v) is 13.1. The molecule has 0 amide bonds. The number of ether oxygens (including phenoxy) is 1. The zero-order chi connectivity index (χ0) is 17.6. The molecule has 0 saturated heterocycles. The number of rotatable bonds is 3. The molecule has 4 aromatic rings. The van der Waals surface area contributed by atoms with Gasteiger partial charge in [0.25, 0.3) is 0 Å². The lowest BCUT2D eigenvalue weighted by atomic mass is 10.1. The smallest absolute Gasteiger partial charge is 0.347 e. The number of aromatic amines is 1. The van der Waals surface area contributed by atoms with E-state index in [1.165, 1.54) is 19.2 Å². The van der Waals surface area contributed by atoms with Crippen LogP contribution in [-0.4, -0.2) is 28.2 Å². The van der Waals surface area contributed by atoms with Crippen molar-refractivity contribution in [2.75, 3.05) is 7.11 Å². The molecule has 0 aliphatic carbocycles. The summed E-state index contributed by atoms with van der Waals surface area (Å²) in [5.74, 6) is -0.247. The normalized spacial score (nSPS) is 11.1. The fourth-order valence-corrected chi connectivity index (χ4v) is 2.71. The molecular formula is C18H12N2O5. The standard InChI is InChI=1S/C18H12N2O5/c1-24-14-4-2-3-9-7-11(18(23)25-15(9)14)16-19-12-6-5-10(17(21)22)8-13(12)20-16/h2-8H,1H3,(H,19,20)(H,21,22). The third-order valence-electron chi connectivity index (χ3n) is 3.93. The largest absolute Gasteiger partial charge is 0.493 e. The van der Waals surface area contributed by atoms with Gasteiger partial charge in [-0.05, 0) is 30.3 Å². The number of nitrogens with one attached hydrogen (secondary N) is 1. The quantitative estimate of drug-likeness (QED) is 0.557. The van der Waals surface area contributed by atoms with Crippen LogP contribution in [-0.2, 0) is 0 Å². The molecular weight excluding hydrogens is 324 g/mol. The highest BCUT2D eigenvalue weighted by atomic mass is 16.5. The Labute approximate surface area is 140 Å². The van der Waals surface area contributed by atoms with Crippen LogP contribution in [0.25, 0.3) is 33.4 Å². The minimum Gasteiger partial charge on any atom is -0.493 e. The van der Waals surface area contributed by atoms with Crippen molar-refractivity contribution < 1.29 is 19.1 Å². The molecule has 0 aliphatic heterocycles. The zero-order valence-electron chi connectivity index (χ0n) is 13.1. The van der Waals surface area contributed by atoms with Gasteiger partial charge in [0.1, 0.15) is 11.4 Å². The van der Waals surface area contributed by atoms with Crippen molar-refractivity contribution in [3.8, 4) is 17.1 Å². The highest BCUT2D eigenvalue weighted by Gasteiger charge is 2.15. The van der Waals surface area contributed by atoms with Gasteiger partial charge in [0, 0.05) is 5.39 Å². The fourth-order valence-electron chi connectivity index (χ4n) is 2.71. The molecule has 2 aromatic heterocycles. The first kappa shape index (κ1) is 14.9. The number of para-hydroxylation sites is 1. The molecule has 0 radical (unpaired) electrons. The van der Waals surface area contributed by atoms with Crippen LogP contribution in [0.3, 0.4) is 0 Å². The summed E-state index contributed by atoms with van der Waals surface area (Å²) in [6.07, 6.45) is 0. The van der Waals surface area contributed by atoms with E-state index in [0.717, 1.165) is 0 Å². The van der Waals surface area contributed by atoms with Crippen molar-refractivity contribution >= 4 is 28.0 Å². The topological polar surface area (TPSA) is 105 Å². The number of fused-ring (bicyclic) bond motifs is 2. The second kappa shape index (κ2) is 5.48. The van der Waals surface area contributed by atoms with Crippen molar-refractivity contribution in [1.82, 2.24) is 9.97 Å². The van der Waals surface area contributed by atoms with E-state index in [2.05, 4.69) is 9.97 Å². The van der Waals surface area contributed by atoms with Crippen LogP contribution in [0.5, 0.6) is 5.75 Å². The van der Waals surface area contributed by atoms with E-state index in [-0.39, 0.29) is 11.1 Å². The summed E-state index contributed by atoms with van der Waals surface area (Å²) >= 11 is 0. The third kappa shape index (κ3) is 2.42. The summed E-state index contributed by atoms with van der Waals surface area (Å²) < 4.78 is 10.6. The molecule has 0 atom stereocenters. The molecule has 2 heterocycles. The van der Waals surface area contributed by atoms with Crippen molar-refractivity contribution in [1.29, 1.82) is 0 Å². The molecule has 0 fully saturated rings. The lowest BCUT2D eigenvalue weighted by Gasteiger charge is -2.04. The van der Waals surface area contributed by atoms with Crippen LogP contribution in [0.2, 0.25) is 0 Å². The second-order valence-corrected chi connectivity index (χ2v) is 5.45. The lowest BCUT2D eigenvalue weighted by molar-refractivity contribution is 0.0697. The number of aromatic nitrogens is 2. The first-order chi connectivity index (χ1) is 12.1. The summed E-state index contributed by atoms with van der Waals surface area (Å²) in [4.78, 5) is 30.8. The predicted molar refractivity (Wildman–Crippen MR) is 91.1 cm³/mol. The van der Waals surface area contributed by atoms with Crippen molar-refractivity contribution in [3.05, 3.63) is 58.4 Å². The van der Waals surface area contributed by atoms with Gasteiger partial charge in [0.2, 0.25) is 0 Å². The number of imidazole rings is 1. The van der Waals surface area contributed by atoms with Gasteiger partial charge in [-0.1, -0.05) is 12.1 Å². The molecule has 0 aliphatic rings. The van der Waals surface area contributed by atoms with E-state index >= 15 is 0 Å². The number of carboxylic acid groups (broad SMARTS) is 1. The minimum atomic E-state index is -1.03. The van der Waals surface area contributed by atoms with E-state index in [1.807, 2.05) is 0 Å². The van der Waals surface area contributed by atoms with Gasteiger partial charge in [-0.15, -0.1) is 0 Å². The molecule has 0 bridgehead atoms. The summed E-state index contributed by atoms with van der Waals surface area (Å²) in [6, 6.07) is 11.5. The number of methoxy groups -OCH3 is 1. The fraction of sp³-hybridized carbons (Fsp3) is 0.0556. The minimum absolute atomic E-state index is 0.137. The lowest BCUT2D eigenvalue weighted by Crippen LogP contribution is -2.04. The van der Waals surface area contributed by atoms with Crippen molar-refractivity contribution in [2.45, 2.75) is 0 Å². The Bertz CT molecular complexity index is 1190. The van der Waals surface area contributed by atoms with E-state index in [9.17, 15) is 9.59 Å². The second-order valence-electron chi connectivity index (χ2n) is 5.45. The van der Waals surface area contributed by atoms with Gasteiger partial charge in [0.15, 0.2) is 11.3 Å². The van der Waals surface area contributed by atoms with Gasteiger partial charge >= 0.3 is 11.6 Å². The van der Waals surface area contributed by atoms with Gasteiger partial charge < -0.3 is 19.2 Å². The number of hydrogen-bond acceptors (Lipinski definition) is 5. The van der Waals surface area contributed by atoms with Crippen LogP contribution < -0.4 is 10.4 Å². The Balaban J connectivity index is 1.92. The van der Waals surface area contributed by atoms with Gasteiger partial charge in [-0.3, -0.25) is 0 Å². The molecule has 4 rings (SSSR count). The van der Waals surface area contributed by atoms with Gasteiger partial charge in [-0.25, -0.2) is 14.6 Å². The number of hydrogen-bond donors (Lipinski definition) is 2. The highest BCUT2D eigenvalue weighted by molar-refractivity contribution is 5.93. The Hall–Kier alpha value is -3.61. The molecule has 7 nitrogen and oxygen atoms in total. The average molecular weight is 336 g/mol. The summed E-state index contributed by atoms with van der Waals surface area (Å²) in [7, 11) is 1.50. The number of benzene rings is 2. The maximum Gasteiger partial charge on any atom is 0.347 e. The van der Waals surface area contributed by atoms with E-state index in [0.29, 0.717) is 33.6 Å². The van der Waals surface area contributed by atoms with Crippen LogP contribution >= 0.6 is 0 Å². The first-order valence-electron chi connectivity index (χ1n) is 7.41. The monoisotopic (exact) mass is 336 g/mol. The SMILES string of the molecule is COc1cccc2cc(-c3nc4ccc(C(=O)O)cc4[nH]3)c(=O)oc12. The van der Waals surface area contributed by atoms with E-state index in [4.69, 9.17) is 14.3 Å². The summed E-state index contributed by atoms with van der Waals surface area (Å²) in [6.45, 7) is 0. The molecule has 0 unspecified atom stereocenters. The maximum atomic E-state index is 12.4. The van der Waals surface area contributed by atoms with Crippen LogP contribution in [0, 0.1) is 0 Å². The van der Waals surface area contributed by atoms with Crippen LogP contribution in [0.4, 0.5) is 0 Å². The van der Waals surface area contributed by atoms with Crippen LogP contribution in [0.1, 0.15) is 10.4 Å². The number of H-pyrrole nitrogens is 1. The third-order valence-corrected chi connectivity index (χ3v) is 3.93. The van der Waals surface area contributed by atoms with Crippen molar-refractivity contribution in [3.63, 3.8) is 0 Å². The number of carbonyl (C=O) groups is 1. The molecule has 25 heavy (non-hydrogen) atoms. The van der Waals surface area contributed by atoms with Crippen LogP contribution in [0.15, 0.2) is 51.7 Å². The maximum absolute atomic E-state index is 12.4. The first-order valence-corrected chi connectivity index (χ1v) is 7.41. The molecule has 2 aromatic carbocycles. The predicted octanol–water partition coefficient (Wildman–Crippen LogP) is 3.04. The summed E-state index contributed by atoms with van der Waals surface area (Å²) in [5.41, 5.74) is 1.29. The Morgan fingerprint density at radius 3 is 2.84 bits per heavy atom. The Kier molecular flexibility index (Phi) is 3.28. The molecule has 0 spiro atoms. The number of aromatic carboxylic acids is 1. The average Bonchev–Trinajstić information content (AvgIpc) is 3.03. The molecule has 124 valence electrons. The molecule has 7 heteroatoms. The molecule has 2 N–H and O–H groups in total. The highest BCUT2D eigenvalue weighted by Crippen LogP contribution is 2.27. The van der Waals surface area contributed by atoms with Gasteiger partial charge in [0.05, 0.1) is 23.7 Å². The van der Waals surface area contributed by atoms with E-state index in [1.54, 1.807) is 30.3 Å². The van der Waals surface area contributed by atoms with Gasteiger partial charge in [-0.2, -0.15) is 0 Å². The molecule has 0 saturated carbocycles. The summed E-state index contributed by atoms with van der Waals surface area (Å²) in [5, 5.41) is 9.76. The Morgan fingerprint density at radius 2 is 2.08 bits per heavy atom. The Morgan fingerprint density at radius 1 is 1.24 bits per heavy atom. The van der Waals surface area contributed by atoms with Crippen molar-refractivity contribution in [2.24, 2.45) is 0 Å².